The molecule has 0 saturated carbocycles. The Labute approximate surface area is 187 Å². The third kappa shape index (κ3) is 4.22. The number of benzene rings is 3. The molecule has 1 amide bonds. The fraction of sp³-hybridized carbons (Fsp3) is 0.231. The van der Waals surface area contributed by atoms with Gasteiger partial charge in [0.15, 0.2) is 5.43 Å². The molecule has 1 unspecified atom stereocenters. The fourth-order valence-electron chi connectivity index (χ4n) is 4.10. The number of ether oxygens (including phenoxy) is 1. The van der Waals surface area contributed by atoms with Crippen LogP contribution in [0.5, 0.6) is 5.75 Å². The Morgan fingerprint density at radius 1 is 0.969 bits per heavy atom. The van der Waals surface area contributed by atoms with Crippen molar-refractivity contribution in [2.45, 2.75) is 12.6 Å². The minimum Gasteiger partial charge on any atom is -0.497 e. The first-order valence-electron chi connectivity index (χ1n) is 10.6. The van der Waals surface area contributed by atoms with Crippen LogP contribution in [0.25, 0.3) is 21.8 Å². The third-order valence-corrected chi connectivity index (χ3v) is 5.78. The number of carbonyl (C=O) groups is 1. The van der Waals surface area contributed by atoms with Crippen LogP contribution >= 0.6 is 0 Å². The molecular weight excluding hydrogens is 402 g/mol. The second-order valence-electron chi connectivity index (χ2n) is 8.01. The molecule has 164 valence electrons. The minimum absolute atomic E-state index is 0.00319. The lowest BCUT2D eigenvalue weighted by Crippen LogP contribution is -2.36. The number of nitrogens with zero attached hydrogens (tertiary/aromatic N) is 2. The largest absolute Gasteiger partial charge is 0.497 e. The van der Waals surface area contributed by atoms with E-state index in [9.17, 15) is 9.59 Å². The van der Waals surface area contributed by atoms with Crippen molar-refractivity contribution in [3.8, 4) is 5.75 Å². The average Bonchev–Trinajstić information content (AvgIpc) is 2.82. The lowest BCUT2D eigenvalue weighted by atomic mass is 10.1. The van der Waals surface area contributed by atoms with E-state index in [4.69, 9.17) is 4.74 Å². The molecule has 1 N–H and O–H groups in total. The number of aromatic nitrogens is 1. The van der Waals surface area contributed by atoms with Gasteiger partial charge >= 0.3 is 0 Å². The van der Waals surface area contributed by atoms with Crippen molar-refractivity contribution in [3.05, 3.63) is 88.6 Å². The van der Waals surface area contributed by atoms with Crippen LogP contribution in [0.2, 0.25) is 0 Å². The van der Waals surface area contributed by atoms with Crippen molar-refractivity contribution in [1.29, 1.82) is 0 Å². The van der Waals surface area contributed by atoms with E-state index in [1.807, 2.05) is 91.5 Å². The maximum Gasteiger partial charge on any atom is 0.240 e. The lowest BCUT2D eigenvalue weighted by molar-refractivity contribution is -0.121. The standard InChI is InChI=1S/C26H27N3O3/c1-28(2)24(18-9-8-10-19(15-18)32-3)16-27-25(30)17-29-22-13-6-4-11-20(22)26(31)21-12-5-7-14-23(21)29/h4-15,24H,16-17H2,1-3H3,(H,27,30). The highest BCUT2D eigenvalue weighted by Gasteiger charge is 2.17. The predicted molar refractivity (Wildman–Crippen MR) is 128 cm³/mol. The molecule has 0 aliphatic heterocycles. The molecule has 0 bridgehead atoms. The zero-order valence-electron chi connectivity index (χ0n) is 18.5. The van der Waals surface area contributed by atoms with Gasteiger partial charge < -0.3 is 19.5 Å². The van der Waals surface area contributed by atoms with Gasteiger partial charge in [-0.05, 0) is 56.1 Å². The third-order valence-electron chi connectivity index (χ3n) is 5.78. The molecule has 4 aromatic rings. The second kappa shape index (κ2) is 9.24. The Balaban J connectivity index is 1.61. The summed E-state index contributed by atoms with van der Waals surface area (Å²) in [6.07, 6.45) is 0. The number of likely N-dealkylation sites (N-methyl/N-ethyl adjacent to an activating group) is 1. The highest BCUT2D eigenvalue weighted by molar-refractivity contribution is 5.94. The number of nitrogens with one attached hydrogen (secondary N) is 1. The average molecular weight is 430 g/mol. The van der Waals surface area contributed by atoms with Crippen LogP contribution in [0, 0.1) is 0 Å². The zero-order valence-corrected chi connectivity index (χ0v) is 18.5. The van der Waals surface area contributed by atoms with Crippen LogP contribution in [-0.2, 0) is 11.3 Å². The summed E-state index contributed by atoms with van der Waals surface area (Å²) < 4.78 is 7.26. The first-order chi connectivity index (χ1) is 15.5. The van der Waals surface area contributed by atoms with E-state index >= 15 is 0 Å². The molecule has 0 spiro atoms. The topological polar surface area (TPSA) is 63.6 Å². The first kappa shape index (κ1) is 21.6. The molecule has 1 atom stereocenters. The van der Waals surface area contributed by atoms with E-state index in [-0.39, 0.29) is 23.9 Å². The van der Waals surface area contributed by atoms with Gasteiger partial charge in [-0.25, -0.2) is 0 Å². The monoisotopic (exact) mass is 429 g/mol. The highest BCUT2D eigenvalue weighted by atomic mass is 16.5. The second-order valence-corrected chi connectivity index (χ2v) is 8.01. The molecule has 32 heavy (non-hydrogen) atoms. The molecule has 4 rings (SSSR count). The number of carbonyl (C=O) groups excluding carboxylic acids is 1. The SMILES string of the molecule is COc1cccc(C(CNC(=O)Cn2c3ccccc3c(=O)c3ccccc32)N(C)C)c1. The maximum absolute atomic E-state index is 13.0. The Bertz CT molecular complexity index is 1270. The molecule has 1 aromatic heterocycles. The van der Waals surface area contributed by atoms with Gasteiger partial charge in [0, 0.05) is 17.3 Å². The van der Waals surface area contributed by atoms with E-state index in [1.165, 1.54) is 0 Å². The quantitative estimate of drug-likeness (QED) is 0.456. The number of amides is 1. The fourth-order valence-corrected chi connectivity index (χ4v) is 4.10. The van der Waals surface area contributed by atoms with Crippen LogP contribution in [0.15, 0.2) is 77.6 Å². The lowest BCUT2D eigenvalue weighted by Gasteiger charge is -2.25. The van der Waals surface area contributed by atoms with Crippen molar-refractivity contribution in [1.82, 2.24) is 14.8 Å². The molecule has 1 heterocycles. The normalized spacial score (nSPS) is 12.2. The number of para-hydroxylation sites is 2. The zero-order chi connectivity index (χ0) is 22.7. The van der Waals surface area contributed by atoms with Crippen molar-refractivity contribution in [2.24, 2.45) is 0 Å². The number of methoxy groups -OCH3 is 1. The van der Waals surface area contributed by atoms with Gasteiger partial charge in [-0.2, -0.15) is 0 Å². The molecular formula is C26H27N3O3. The van der Waals surface area contributed by atoms with Crippen LogP contribution in [-0.4, -0.2) is 43.1 Å². The summed E-state index contributed by atoms with van der Waals surface area (Å²) in [5, 5.41) is 4.30. The van der Waals surface area contributed by atoms with Crippen LogP contribution < -0.4 is 15.5 Å². The van der Waals surface area contributed by atoms with Gasteiger partial charge in [-0.1, -0.05) is 36.4 Å². The molecule has 3 aromatic carbocycles. The molecule has 6 heteroatoms. The van der Waals surface area contributed by atoms with E-state index in [2.05, 4.69) is 10.2 Å². The van der Waals surface area contributed by atoms with Crippen LogP contribution in [0.4, 0.5) is 0 Å². The van der Waals surface area contributed by atoms with Crippen molar-refractivity contribution < 1.29 is 9.53 Å². The number of rotatable bonds is 7. The van der Waals surface area contributed by atoms with Gasteiger partial charge in [0.2, 0.25) is 5.91 Å². The minimum atomic E-state index is -0.112. The summed E-state index contributed by atoms with van der Waals surface area (Å²) in [7, 11) is 5.61. The summed E-state index contributed by atoms with van der Waals surface area (Å²) in [6.45, 7) is 0.578. The molecule has 6 nitrogen and oxygen atoms in total. The molecule has 0 radical (unpaired) electrons. The van der Waals surface area contributed by atoms with Crippen LogP contribution in [0.3, 0.4) is 0 Å². The summed E-state index contributed by atoms with van der Waals surface area (Å²) in [4.78, 5) is 28.0. The molecule has 0 aliphatic rings. The maximum atomic E-state index is 13.0. The van der Waals surface area contributed by atoms with Gasteiger partial charge in [-0.15, -0.1) is 0 Å². The van der Waals surface area contributed by atoms with Crippen molar-refractivity contribution in [3.63, 3.8) is 0 Å². The van der Waals surface area contributed by atoms with E-state index in [0.29, 0.717) is 17.3 Å². The number of hydrogen-bond acceptors (Lipinski definition) is 4. The predicted octanol–water partition coefficient (Wildman–Crippen LogP) is 3.58. The van der Waals surface area contributed by atoms with E-state index in [0.717, 1.165) is 22.3 Å². The first-order valence-corrected chi connectivity index (χ1v) is 10.6. The molecule has 0 fully saturated rings. The summed E-state index contributed by atoms with van der Waals surface area (Å²) in [5.74, 6) is 0.672. The van der Waals surface area contributed by atoms with Crippen molar-refractivity contribution in [2.75, 3.05) is 27.7 Å². The molecule has 0 aliphatic carbocycles. The Morgan fingerprint density at radius 2 is 1.59 bits per heavy atom. The Morgan fingerprint density at radius 3 is 2.19 bits per heavy atom. The summed E-state index contributed by atoms with van der Waals surface area (Å²) in [5.41, 5.74) is 2.55. The van der Waals surface area contributed by atoms with Gasteiger partial charge in [-0.3, -0.25) is 9.59 Å². The summed E-state index contributed by atoms with van der Waals surface area (Å²) in [6, 6.07) is 22.7. The Kier molecular flexibility index (Phi) is 6.23. The van der Waals surface area contributed by atoms with E-state index < -0.39 is 0 Å². The Hall–Kier alpha value is -3.64. The number of hydrogen-bond donors (Lipinski definition) is 1. The smallest absolute Gasteiger partial charge is 0.240 e. The summed E-state index contributed by atoms with van der Waals surface area (Å²) >= 11 is 0. The number of fused-ring (bicyclic) bond motifs is 2. The van der Waals surface area contributed by atoms with E-state index in [1.54, 1.807) is 7.11 Å². The van der Waals surface area contributed by atoms with Gasteiger partial charge in [0.1, 0.15) is 12.3 Å². The van der Waals surface area contributed by atoms with Gasteiger partial charge in [0.25, 0.3) is 0 Å². The molecule has 0 saturated heterocycles. The van der Waals surface area contributed by atoms with Crippen molar-refractivity contribution >= 4 is 27.7 Å². The number of pyridine rings is 1. The highest BCUT2D eigenvalue weighted by Crippen LogP contribution is 2.22. The van der Waals surface area contributed by atoms with Gasteiger partial charge in [0.05, 0.1) is 24.2 Å². The van der Waals surface area contributed by atoms with Crippen LogP contribution in [0.1, 0.15) is 11.6 Å².